The van der Waals surface area contributed by atoms with Crippen LogP contribution in [0.5, 0.6) is 0 Å². The van der Waals surface area contributed by atoms with Crippen LogP contribution >= 0.6 is 0 Å². The summed E-state index contributed by atoms with van der Waals surface area (Å²) in [6.45, 7) is 2.83. The second kappa shape index (κ2) is 6.65. The Balaban J connectivity index is 1.56. The highest BCUT2D eigenvalue weighted by atomic mass is 16.5. The number of hydrogen-bond donors (Lipinski definition) is 1. The lowest BCUT2D eigenvalue weighted by Crippen LogP contribution is -2.42. The van der Waals surface area contributed by atoms with Crippen molar-refractivity contribution in [1.82, 2.24) is 4.90 Å². The summed E-state index contributed by atoms with van der Waals surface area (Å²) in [5.74, 6) is 0.125. The topological polar surface area (TPSA) is 41.6 Å². The summed E-state index contributed by atoms with van der Waals surface area (Å²) in [5, 5.41) is 3.40. The van der Waals surface area contributed by atoms with Gasteiger partial charge in [0, 0.05) is 24.3 Å². The van der Waals surface area contributed by atoms with Crippen LogP contribution < -0.4 is 5.32 Å². The summed E-state index contributed by atoms with van der Waals surface area (Å²) < 4.78 is 5.89. The summed E-state index contributed by atoms with van der Waals surface area (Å²) in [7, 11) is 0. The molecule has 24 heavy (non-hydrogen) atoms. The van der Waals surface area contributed by atoms with E-state index in [-0.39, 0.29) is 12.0 Å². The van der Waals surface area contributed by atoms with Gasteiger partial charge < -0.3 is 15.0 Å². The summed E-state index contributed by atoms with van der Waals surface area (Å²) in [6.07, 6.45) is 2.01. The number of ether oxygens (including phenoxy) is 1. The Morgan fingerprint density at radius 1 is 1.12 bits per heavy atom. The molecule has 2 heterocycles. The molecule has 1 atom stereocenters. The van der Waals surface area contributed by atoms with Gasteiger partial charge in [0.25, 0.3) is 5.91 Å². The van der Waals surface area contributed by atoms with E-state index in [9.17, 15) is 4.79 Å². The molecule has 2 aromatic carbocycles. The molecule has 4 heteroatoms. The van der Waals surface area contributed by atoms with Gasteiger partial charge in [-0.15, -0.1) is 0 Å². The van der Waals surface area contributed by atoms with E-state index < -0.39 is 0 Å². The number of fused-ring (bicyclic) bond motifs is 1. The lowest BCUT2D eigenvalue weighted by molar-refractivity contribution is -0.0228. The lowest BCUT2D eigenvalue weighted by atomic mass is 9.96. The van der Waals surface area contributed by atoms with Crippen LogP contribution in [-0.4, -0.2) is 37.0 Å². The summed E-state index contributed by atoms with van der Waals surface area (Å²) in [5.41, 5.74) is 4.25. The fraction of sp³-hybridized carbons (Fsp3) is 0.350. The average Bonchev–Trinajstić information content (AvgIpc) is 2.68. The summed E-state index contributed by atoms with van der Waals surface area (Å²) >= 11 is 0. The van der Waals surface area contributed by atoms with Gasteiger partial charge in [-0.1, -0.05) is 36.4 Å². The standard InChI is InChI=1S/C20H22N2O2/c23-20(17-8-4-10-18-16(17)9-5-11-21-18)22-12-13-24-19(14-22)15-6-2-1-3-7-15/h1-4,6-8,10,19,21H,5,9,11-14H2. The molecule has 1 saturated heterocycles. The molecule has 0 aromatic heterocycles. The number of carbonyl (C=O) groups excluding carboxylic acids is 1. The summed E-state index contributed by atoms with van der Waals surface area (Å²) in [6, 6.07) is 16.1. The van der Waals surface area contributed by atoms with Gasteiger partial charge in [0.05, 0.1) is 13.2 Å². The smallest absolute Gasteiger partial charge is 0.254 e. The maximum Gasteiger partial charge on any atom is 0.254 e. The highest BCUT2D eigenvalue weighted by Crippen LogP contribution is 2.28. The zero-order valence-electron chi connectivity index (χ0n) is 13.7. The molecule has 0 radical (unpaired) electrons. The van der Waals surface area contributed by atoms with Crippen LogP contribution in [0.25, 0.3) is 0 Å². The van der Waals surface area contributed by atoms with E-state index in [0.717, 1.165) is 41.8 Å². The molecule has 2 aromatic rings. The minimum absolute atomic E-state index is 0.0402. The normalized spacial score (nSPS) is 20.2. The molecule has 0 spiro atoms. The minimum atomic E-state index is -0.0402. The van der Waals surface area contributed by atoms with Crippen LogP contribution in [0.4, 0.5) is 5.69 Å². The first-order valence-corrected chi connectivity index (χ1v) is 8.64. The van der Waals surface area contributed by atoms with Gasteiger partial charge in [-0.2, -0.15) is 0 Å². The summed E-state index contributed by atoms with van der Waals surface area (Å²) in [4.78, 5) is 15.0. The highest BCUT2D eigenvalue weighted by Gasteiger charge is 2.28. The maximum atomic E-state index is 13.1. The quantitative estimate of drug-likeness (QED) is 0.923. The Hall–Kier alpha value is -2.33. The van der Waals surface area contributed by atoms with Gasteiger partial charge in [0.1, 0.15) is 6.10 Å². The van der Waals surface area contributed by atoms with Crippen molar-refractivity contribution in [2.45, 2.75) is 18.9 Å². The largest absolute Gasteiger partial charge is 0.385 e. The Morgan fingerprint density at radius 2 is 2.00 bits per heavy atom. The highest BCUT2D eigenvalue weighted by molar-refractivity contribution is 5.97. The fourth-order valence-electron chi connectivity index (χ4n) is 3.58. The molecule has 2 aliphatic heterocycles. The van der Waals surface area contributed by atoms with Gasteiger partial charge in [-0.05, 0) is 36.1 Å². The molecule has 0 bridgehead atoms. The van der Waals surface area contributed by atoms with Crippen molar-refractivity contribution < 1.29 is 9.53 Å². The van der Waals surface area contributed by atoms with Crippen molar-refractivity contribution in [2.75, 3.05) is 31.6 Å². The van der Waals surface area contributed by atoms with Crippen LogP contribution in [-0.2, 0) is 11.2 Å². The third-order valence-electron chi connectivity index (χ3n) is 4.85. The van der Waals surface area contributed by atoms with Crippen LogP contribution in [0.2, 0.25) is 0 Å². The van der Waals surface area contributed by atoms with Crippen LogP contribution in [0.1, 0.15) is 34.0 Å². The molecule has 1 N–H and O–H groups in total. The average molecular weight is 322 g/mol. The predicted molar refractivity (Wildman–Crippen MR) is 94.3 cm³/mol. The molecular formula is C20H22N2O2. The number of morpholine rings is 1. The van der Waals surface area contributed by atoms with Gasteiger partial charge in [0.2, 0.25) is 0 Å². The second-order valence-electron chi connectivity index (χ2n) is 6.38. The molecular weight excluding hydrogens is 300 g/mol. The van der Waals surface area contributed by atoms with Gasteiger partial charge in [0.15, 0.2) is 0 Å². The van der Waals surface area contributed by atoms with E-state index >= 15 is 0 Å². The van der Waals surface area contributed by atoms with Crippen LogP contribution in [0.15, 0.2) is 48.5 Å². The number of anilines is 1. The van der Waals surface area contributed by atoms with E-state index in [1.165, 1.54) is 0 Å². The van der Waals surface area contributed by atoms with E-state index in [1.54, 1.807) is 0 Å². The first kappa shape index (κ1) is 15.2. The van der Waals surface area contributed by atoms with Crippen LogP contribution in [0, 0.1) is 0 Å². The number of rotatable bonds is 2. The Morgan fingerprint density at radius 3 is 2.88 bits per heavy atom. The second-order valence-corrected chi connectivity index (χ2v) is 6.38. The SMILES string of the molecule is O=C(c1cccc2c1CCCN2)N1CCOC(c2ccccc2)C1. The first-order valence-electron chi connectivity index (χ1n) is 8.64. The van der Waals surface area contributed by atoms with Crippen molar-refractivity contribution in [3.63, 3.8) is 0 Å². The van der Waals surface area contributed by atoms with Crippen LogP contribution in [0.3, 0.4) is 0 Å². The number of nitrogens with one attached hydrogen (secondary N) is 1. The predicted octanol–water partition coefficient (Wildman–Crippen LogP) is 3.26. The number of hydrogen-bond acceptors (Lipinski definition) is 3. The van der Waals surface area contributed by atoms with Crippen molar-refractivity contribution in [2.24, 2.45) is 0 Å². The molecule has 124 valence electrons. The zero-order valence-corrected chi connectivity index (χ0v) is 13.7. The van der Waals surface area contributed by atoms with E-state index in [1.807, 2.05) is 35.2 Å². The molecule has 0 aliphatic carbocycles. The Bertz CT molecular complexity index is 730. The van der Waals surface area contributed by atoms with E-state index in [4.69, 9.17) is 4.74 Å². The third-order valence-corrected chi connectivity index (χ3v) is 4.85. The number of carbonyl (C=O) groups is 1. The van der Waals surface area contributed by atoms with Crippen molar-refractivity contribution in [3.05, 3.63) is 65.2 Å². The first-order chi connectivity index (χ1) is 11.8. The van der Waals surface area contributed by atoms with E-state index in [0.29, 0.717) is 19.7 Å². The van der Waals surface area contributed by atoms with Gasteiger partial charge in [-0.25, -0.2) is 0 Å². The van der Waals surface area contributed by atoms with Gasteiger partial charge >= 0.3 is 0 Å². The van der Waals surface area contributed by atoms with Gasteiger partial charge in [-0.3, -0.25) is 4.79 Å². The molecule has 2 aliphatic rings. The third kappa shape index (κ3) is 2.89. The monoisotopic (exact) mass is 322 g/mol. The minimum Gasteiger partial charge on any atom is -0.385 e. The molecule has 1 unspecified atom stereocenters. The molecule has 1 fully saturated rings. The number of amides is 1. The van der Waals surface area contributed by atoms with E-state index in [2.05, 4.69) is 23.5 Å². The van der Waals surface area contributed by atoms with Crippen molar-refractivity contribution in [3.8, 4) is 0 Å². The maximum absolute atomic E-state index is 13.1. The fourth-order valence-corrected chi connectivity index (χ4v) is 3.58. The molecule has 0 saturated carbocycles. The lowest BCUT2D eigenvalue weighted by Gasteiger charge is -2.34. The molecule has 4 rings (SSSR count). The van der Waals surface area contributed by atoms with Crippen molar-refractivity contribution >= 4 is 11.6 Å². The Kier molecular flexibility index (Phi) is 4.22. The molecule has 4 nitrogen and oxygen atoms in total. The van der Waals surface area contributed by atoms with Crippen molar-refractivity contribution in [1.29, 1.82) is 0 Å². The molecule has 1 amide bonds. The number of nitrogens with zero attached hydrogens (tertiary/aromatic N) is 1. The Labute approximate surface area is 142 Å². The number of benzene rings is 2. The zero-order chi connectivity index (χ0) is 16.4.